The molecule has 0 N–H and O–H groups in total. The van der Waals surface area contributed by atoms with Gasteiger partial charge in [0.1, 0.15) is 6.29 Å². The van der Waals surface area contributed by atoms with Crippen molar-refractivity contribution in [2.45, 2.75) is 6.42 Å². The number of carbonyl (C=O) groups is 1. The average Bonchev–Trinajstić information content (AvgIpc) is 1.61. The normalized spacial score (nSPS) is 13.3. The first-order valence-electron chi connectivity index (χ1n) is 1.77. The maximum absolute atomic E-state index is 9.60. The molecule has 0 fully saturated rings. The molecule has 0 heterocycles. The standard InChI is InChI=1S/C3H6O3S/c4-2-1-3-7(5)6/h2H,1,3H2,(H,5,6)/p-1. The lowest BCUT2D eigenvalue weighted by Crippen LogP contribution is -1.94. The topological polar surface area (TPSA) is 57.2 Å². The quantitative estimate of drug-likeness (QED) is 0.372. The summed E-state index contributed by atoms with van der Waals surface area (Å²) in [6, 6.07) is 0. The van der Waals surface area contributed by atoms with Crippen molar-refractivity contribution in [3.05, 3.63) is 0 Å². The summed E-state index contributed by atoms with van der Waals surface area (Å²) in [5.74, 6) is -0.0521. The maximum Gasteiger partial charge on any atom is 0.120 e. The lowest BCUT2D eigenvalue weighted by atomic mass is 10.6. The van der Waals surface area contributed by atoms with Gasteiger partial charge in [0, 0.05) is 12.2 Å². The van der Waals surface area contributed by atoms with Crippen LogP contribution in [0.4, 0.5) is 0 Å². The molecule has 4 heteroatoms. The molecule has 0 aromatic rings. The third kappa shape index (κ3) is 5.78. The second kappa shape index (κ2) is 3.95. The molecular formula is C3H5O3S-. The molecule has 0 aromatic carbocycles. The van der Waals surface area contributed by atoms with Crippen molar-refractivity contribution in [3.63, 3.8) is 0 Å². The summed E-state index contributed by atoms with van der Waals surface area (Å²) < 4.78 is 19.2. The second-order valence-corrected chi connectivity index (χ2v) is 1.98. The van der Waals surface area contributed by atoms with Crippen LogP contribution in [0, 0.1) is 0 Å². The van der Waals surface area contributed by atoms with Gasteiger partial charge in [0.25, 0.3) is 0 Å². The van der Waals surface area contributed by atoms with Crippen LogP contribution in [-0.2, 0) is 15.9 Å². The number of aldehydes is 1. The van der Waals surface area contributed by atoms with E-state index in [0.29, 0.717) is 6.29 Å². The van der Waals surface area contributed by atoms with Crippen LogP contribution in [0.1, 0.15) is 6.42 Å². The molecule has 0 amide bonds. The summed E-state index contributed by atoms with van der Waals surface area (Å²) in [6.45, 7) is 0. The number of hydrogen-bond acceptors (Lipinski definition) is 3. The van der Waals surface area contributed by atoms with Gasteiger partial charge in [-0.3, -0.25) is 4.21 Å². The first kappa shape index (κ1) is 6.78. The highest BCUT2D eigenvalue weighted by molar-refractivity contribution is 7.79. The summed E-state index contributed by atoms with van der Waals surface area (Å²) in [4.78, 5) is 9.44. The van der Waals surface area contributed by atoms with Crippen LogP contribution < -0.4 is 0 Å². The highest BCUT2D eigenvalue weighted by atomic mass is 32.2. The van der Waals surface area contributed by atoms with Gasteiger partial charge in [-0.05, 0) is 0 Å². The van der Waals surface area contributed by atoms with Gasteiger partial charge in [-0.25, -0.2) is 0 Å². The molecule has 0 bridgehead atoms. The fourth-order valence-corrected chi connectivity index (χ4v) is 0.433. The van der Waals surface area contributed by atoms with Crippen molar-refractivity contribution in [2.24, 2.45) is 0 Å². The van der Waals surface area contributed by atoms with Gasteiger partial charge in [-0.15, -0.1) is 0 Å². The first-order chi connectivity index (χ1) is 3.27. The van der Waals surface area contributed by atoms with E-state index >= 15 is 0 Å². The fourth-order valence-electron chi connectivity index (χ4n) is 0.144. The van der Waals surface area contributed by atoms with Crippen LogP contribution in [0.15, 0.2) is 0 Å². The molecular weight excluding hydrogens is 116 g/mol. The molecule has 42 valence electrons. The Morgan fingerprint density at radius 3 is 2.43 bits per heavy atom. The van der Waals surface area contributed by atoms with E-state index in [1.807, 2.05) is 0 Å². The summed E-state index contributed by atoms with van der Waals surface area (Å²) in [5.41, 5.74) is 0. The van der Waals surface area contributed by atoms with E-state index in [2.05, 4.69) is 0 Å². The average molecular weight is 121 g/mol. The smallest absolute Gasteiger partial charge is 0.120 e. The Labute approximate surface area is 44.0 Å². The molecule has 0 aliphatic rings. The molecule has 0 spiro atoms. The van der Waals surface area contributed by atoms with Gasteiger partial charge in [-0.2, -0.15) is 0 Å². The molecule has 7 heavy (non-hydrogen) atoms. The van der Waals surface area contributed by atoms with Crippen LogP contribution in [0.5, 0.6) is 0 Å². The number of carbonyl (C=O) groups excluding carboxylic acids is 1. The summed E-state index contributed by atoms with van der Waals surface area (Å²) in [6.07, 6.45) is 0.686. The predicted octanol–water partition coefficient (Wildman–Crippen LogP) is -0.545. The summed E-state index contributed by atoms with van der Waals surface area (Å²) >= 11 is -2.05. The van der Waals surface area contributed by atoms with Crippen LogP contribution in [0.25, 0.3) is 0 Å². The minimum Gasteiger partial charge on any atom is -0.772 e. The van der Waals surface area contributed by atoms with Crippen molar-refractivity contribution in [1.29, 1.82) is 0 Å². The minimum atomic E-state index is -2.05. The van der Waals surface area contributed by atoms with Crippen molar-refractivity contribution < 1.29 is 13.6 Å². The van der Waals surface area contributed by atoms with Gasteiger partial charge in [-0.1, -0.05) is 11.1 Å². The van der Waals surface area contributed by atoms with Gasteiger partial charge < -0.3 is 9.35 Å². The van der Waals surface area contributed by atoms with Crippen LogP contribution >= 0.6 is 0 Å². The van der Waals surface area contributed by atoms with E-state index in [0.717, 1.165) is 0 Å². The van der Waals surface area contributed by atoms with E-state index in [1.54, 1.807) is 0 Å². The Kier molecular flexibility index (Phi) is 3.83. The lowest BCUT2D eigenvalue weighted by Gasteiger charge is -1.97. The van der Waals surface area contributed by atoms with Gasteiger partial charge in [0.2, 0.25) is 0 Å². The van der Waals surface area contributed by atoms with Crippen molar-refractivity contribution >= 4 is 17.4 Å². The fraction of sp³-hybridized carbons (Fsp3) is 0.667. The van der Waals surface area contributed by atoms with E-state index in [1.165, 1.54) is 0 Å². The molecule has 0 aromatic heterocycles. The molecule has 0 saturated heterocycles. The van der Waals surface area contributed by atoms with Crippen molar-refractivity contribution in [1.82, 2.24) is 0 Å². The largest absolute Gasteiger partial charge is 0.772 e. The molecule has 0 rings (SSSR count). The highest BCUT2D eigenvalue weighted by Crippen LogP contribution is 1.75. The molecule has 0 saturated carbocycles. The van der Waals surface area contributed by atoms with E-state index in [-0.39, 0.29) is 12.2 Å². The predicted molar refractivity (Wildman–Crippen MR) is 24.5 cm³/mol. The van der Waals surface area contributed by atoms with E-state index < -0.39 is 11.1 Å². The zero-order valence-electron chi connectivity index (χ0n) is 3.62. The zero-order chi connectivity index (χ0) is 5.70. The molecule has 3 nitrogen and oxygen atoms in total. The second-order valence-electron chi connectivity index (χ2n) is 0.963. The molecule has 0 aliphatic carbocycles. The SMILES string of the molecule is O=CCCS(=O)[O-]. The summed E-state index contributed by atoms with van der Waals surface area (Å²) in [5, 5.41) is 0. The first-order valence-corrected chi connectivity index (χ1v) is 3.01. The Hall–Kier alpha value is -0.220. The Bertz CT molecular complexity index is 80.2. The third-order valence-electron chi connectivity index (χ3n) is 0.402. The monoisotopic (exact) mass is 121 g/mol. The van der Waals surface area contributed by atoms with Crippen molar-refractivity contribution in [2.75, 3.05) is 5.75 Å². The summed E-state index contributed by atoms with van der Waals surface area (Å²) in [7, 11) is 0. The highest BCUT2D eigenvalue weighted by Gasteiger charge is 1.79. The van der Waals surface area contributed by atoms with Gasteiger partial charge in [0.05, 0.1) is 0 Å². The molecule has 1 atom stereocenters. The maximum atomic E-state index is 9.60. The Morgan fingerprint density at radius 2 is 2.29 bits per heavy atom. The van der Waals surface area contributed by atoms with Crippen LogP contribution in [0.2, 0.25) is 0 Å². The minimum absolute atomic E-state index is 0.0521. The number of hydrogen-bond donors (Lipinski definition) is 0. The lowest BCUT2D eigenvalue weighted by molar-refractivity contribution is -0.107. The Balaban J connectivity index is 2.97. The van der Waals surface area contributed by atoms with Crippen molar-refractivity contribution in [3.8, 4) is 0 Å². The Morgan fingerprint density at radius 1 is 1.71 bits per heavy atom. The molecule has 0 aliphatic heterocycles. The molecule has 1 unspecified atom stereocenters. The van der Waals surface area contributed by atoms with Crippen LogP contribution in [-0.4, -0.2) is 20.8 Å². The van der Waals surface area contributed by atoms with Gasteiger partial charge in [0.15, 0.2) is 0 Å². The number of rotatable bonds is 3. The molecule has 0 radical (unpaired) electrons. The van der Waals surface area contributed by atoms with Gasteiger partial charge >= 0.3 is 0 Å². The zero-order valence-corrected chi connectivity index (χ0v) is 4.44. The van der Waals surface area contributed by atoms with E-state index in [4.69, 9.17) is 0 Å². The third-order valence-corrected chi connectivity index (χ3v) is 0.971. The van der Waals surface area contributed by atoms with Crippen LogP contribution in [0.3, 0.4) is 0 Å². The van der Waals surface area contributed by atoms with E-state index in [9.17, 15) is 13.6 Å².